The first-order valence-electron chi connectivity index (χ1n) is 13.0. The molecule has 3 aromatic rings. The summed E-state index contributed by atoms with van der Waals surface area (Å²) in [5, 5.41) is 7.46. The van der Waals surface area contributed by atoms with Crippen LogP contribution in [0, 0.1) is 17.0 Å². The van der Waals surface area contributed by atoms with Gasteiger partial charge in [0.2, 0.25) is 5.91 Å². The number of nitrogens with zero attached hydrogens (tertiary/aromatic N) is 2. The molecule has 0 radical (unpaired) electrons. The number of anilines is 1. The van der Waals surface area contributed by atoms with E-state index in [-0.39, 0.29) is 35.5 Å². The molecular weight excluding hydrogens is 486 g/mol. The van der Waals surface area contributed by atoms with Crippen LogP contribution in [0.5, 0.6) is 0 Å². The highest BCUT2D eigenvalue weighted by Gasteiger charge is 2.20. The topological polar surface area (TPSA) is 74.3 Å². The van der Waals surface area contributed by atoms with E-state index in [4.69, 9.17) is 0 Å². The van der Waals surface area contributed by atoms with Crippen molar-refractivity contribution in [2.24, 2.45) is 5.41 Å². The lowest BCUT2D eigenvalue weighted by Crippen LogP contribution is -2.43. The Morgan fingerprint density at radius 3 is 2.37 bits per heavy atom. The predicted octanol–water partition coefficient (Wildman–Crippen LogP) is 7.29. The van der Waals surface area contributed by atoms with Crippen molar-refractivity contribution in [1.29, 1.82) is 0 Å². The number of rotatable bonds is 8. The summed E-state index contributed by atoms with van der Waals surface area (Å²) in [6.45, 7) is 10.1. The van der Waals surface area contributed by atoms with Crippen molar-refractivity contribution in [1.82, 2.24) is 15.2 Å². The quantitative estimate of drug-likeness (QED) is 0.324. The maximum absolute atomic E-state index is 13.6. The second kappa shape index (κ2) is 14.4. The zero-order valence-corrected chi connectivity index (χ0v) is 23.3. The highest BCUT2D eigenvalue weighted by atomic mass is 19.2. The third kappa shape index (κ3) is 10.1. The molecule has 8 heteroatoms. The molecule has 38 heavy (non-hydrogen) atoms. The summed E-state index contributed by atoms with van der Waals surface area (Å²) < 4.78 is 26.8. The molecule has 2 aromatic carbocycles. The van der Waals surface area contributed by atoms with Crippen LogP contribution >= 0.6 is 0 Å². The Hall–Kier alpha value is -3.55. The van der Waals surface area contributed by atoms with Crippen molar-refractivity contribution >= 4 is 28.5 Å². The first-order chi connectivity index (χ1) is 17.9. The number of amides is 3. The minimum atomic E-state index is -0.905. The summed E-state index contributed by atoms with van der Waals surface area (Å²) in [5.41, 5.74) is 0.436. The Kier molecular flexibility index (Phi) is 11.6. The average Bonchev–Trinajstić information content (AvgIpc) is 2.86. The molecule has 0 saturated heterocycles. The minimum absolute atomic E-state index is 0.0226. The molecule has 6 nitrogen and oxygen atoms in total. The molecule has 0 aliphatic rings. The van der Waals surface area contributed by atoms with Crippen LogP contribution in [0.4, 0.5) is 19.4 Å². The summed E-state index contributed by atoms with van der Waals surface area (Å²) in [6.07, 6.45) is 5.71. The Labute approximate surface area is 224 Å². The normalized spacial score (nSPS) is 11.8. The number of urea groups is 1. The molecule has 1 unspecified atom stereocenters. The van der Waals surface area contributed by atoms with E-state index in [1.165, 1.54) is 19.1 Å². The first-order valence-corrected chi connectivity index (χ1v) is 13.0. The first kappa shape index (κ1) is 30.7. The van der Waals surface area contributed by atoms with Gasteiger partial charge in [0.1, 0.15) is 5.82 Å². The standard InChI is InChI=1S/C19H30F2N2O.C11H10N2O/c1-6-15(10-8-12-19(2,3)4)23(5)18(24)22-13-14-9-7-11-16(20)17(14)21;1-8(14)13-11-6-9-4-2-3-5-10(9)7-12-11/h7,9,11,15H,6,8,10,12-13H2,1-5H3,(H,22,24);2-7H,1H3,(H,12,13,14). The highest BCUT2D eigenvalue weighted by molar-refractivity contribution is 5.91. The molecule has 1 atom stereocenters. The third-order valence-electron chi connectivity index (χ3n) is 6.20. The number of benzene rings is 2. The molecule has 0 fully saturated rings. The molecule has 1 heterocycles. The van der Waals surface area contributed by atoms with Crippen molar-refractivity contribution in [2.45, 2.75) is 72.9 Å². The van der Waals surface area contributed by atoms with Crippen molar-refractivity contribution in [3.63, 3.8) is 0 Å². The van der Waals surface area contributed by atoms with Crippen LogP contribution in [0.2, 0.25) is 0 Å². The molecule has 3 rings (SSSR count). The Bertz CT molecular complexity index is 1210. The smallest absolute Gasteiger partial charge is 0.317 e. The maximum atomic E-state index is 13.6. The Morgan fingerprint density at radius 2 is 1.74 bits per heavy atom. The van der Waals surface area contributed by atoms with E-state index in [0.29, 0.717) is 5.82 Å². The van der Waals surface area contributed by atoms with Gasteiger partial charge in [-0.3, -0.25) is 4.79 Å². The molecule has 1 aromatic heterocycles. The van der Waals surface area contributed by atoms with Crippen LogP contribution in [0.3, 0.4) is 0 Å². The van der Waals surface area contributed by atoms with Gasteiger partial charge in [-0.05, 0) is 42.2 Å². The number of nitrogens with one attached hydrogen (secondary N) is 2. The van der Waals surface area contributed by atoms with E-state index in [2.05, 4.69) is 43.3 Å². The van der Waals surface area contributed by atoms with E-state index >= 15 is 0 Å². The number of carbonyl (C=O) groups is 2. The number of hydrogen-bond donors (Lipinski definition) is 2. The molecule has 206 valence electrons. The largest absolute Gasteiger partial charge is 0.334 e. The van der Waals surface area contributed by atoms with Gasteiger partial charge in [0, 0.05) is 43.7 Å². The number of aromatic nitrogens is 1. The zero-order chi connectivity index (χ0) is 28.3. The van der Waals surface area contributed by atoms with Gasteiger partial charge >= 0.3 is 6.03 Å². The van der Waals surface area contributed by atoms with Crippen molar-refractivity contribution in [3.05, 3.63) is 71.9 Å². The number of carbonyl (C=O) groups excluding carboxylic acids is 2. The molecule has 0 spiro atoms. The van der Waals surface area contributed by atoms with Crippen LogP contribution in [0.25, 0.3) is 10.8 Å². The second-order valence-electron chi connectivity index (χ2n) is 10.6. The van der Waals surface area contributed by atoms with Gasteiger partial charge in [-0.25, -0.2) is 18.6 Å². The lowest BCUT2D eigenvalue weighted by molar-refractivity contribution is -0.114. The molecule has 0 aliphatic heterocycles. The van der Waals surface area contributed by atoms with Crippen molar-refractivity contribution in [3.8, 4) is 0 Å². The summed E-state index contributed by atoms with van der Waals surface area (Å²) in [6, 6.07) is 13.6. The fourth-order valence-electron chi connectivity index (χ4n) is 4.02. The lowest BCUT2D eigenvalue weighted by Gasteiger charge is -2.28. The molecule has 3 amide bonds. The number of fused-ring (bicyclic) bond motifs is 1. The van der Waals surface area contributed by atoms with E-state index in [1.54, 1.807) is 18.1 Å². The lowest BCUT2D eigenvalue weighted by atomic mass is 9.88. The fraction of sp³-hybridized carbons (Fsp3) is 0.433. The Balaban J connectivity index is 0.000000304. The Morgan fingerprint density at radius 1 is 1.05 bits per heavy atom. The van der Waals surface area contributed by atoms with Gasteiger partial charge in [-0.15, -0.1) is 0 Å². The summed E-state index contributed by atoms with van der Waals surface area (Å²) in [7, 11) is 1.75. The van der Waals surface area contributed by atoms with Gasteiger partial charge in [0.25, 0.3) is 0 Å². The zero-order valence-electron chi connectivity index (χ0n) is 23.3. The van der Waals surface area contributed by atoms with Gasteiger partial charge in [0.05, 0.1) is 0 Å². The van der Waals surface area contributed by atoms with Crippen LogP contribution in [0.1, 0.15) is 65.9 Å². The molecule has 0 aliphatic carbocycles. The van der Waals surface area contributed by atoms with E-state index in [0.717, 1.165) is 42.5 Å². The number of hydrogen-bond acceptors (Lipinski definition) is 3. The molecule has 2 N–H and O–H groups in total. The summed E-state index contributed by atoms with van der Waals surface area (Å²) >= 11 is 0. The molecule has 0 saturated carbocycles. The predicted molar refractivity (Wildman–Crippen MR) is 150 cm³/mol. The summed E-state index contributed by atoms with van der Waals surface area (Å²) in [4.78, 5) is 28.9. The van der Waals surface area contributed by atoms with Crippen molar-refractivity contribution < 1.29 is 18.4 Å². The molecular formula is C30H40F2N4O2. The van der Waals surface area contributed by atoms with E-state index in [9.17, 15) is 18.4 Å². The van der Waals surface area contributed by atoms with Gasteiger partial charge in [0.15, 0.2) is 11.6 Å². The number of halogens is 2. The monoisotopic (exact) mass is 526 g/mol. The SMILES string of the molecule is CC(=O)Nc1cc2ccccc2cn1.CCC(CCCC(C)(C)C)N(C)C(=O)NCc1cccc(F)c1F. The van der Waals surface area contributed by atoms with Gasteiger partial charge < -0.3 is 15.5 Å². The van der Waals surface area contributed by atoms with Gasteiger partial charge in [-0.1, -0.05) is 70.5 Å². The van der Waals surface area contributed by atoms with E-state index in [1.807, 2.05) is 30.3 Å². The minimum Gasteiger partial charge on any atom is -0.334 e. The summed E-state index contributed by atoms with van der Waals surface area (Å²) in [5.74, 6) is -1.31. The fourth-order valence-corrected chi connectivity index (χ4v) is 4.02. The van der Waals surface area contributed by atoms with Crippen LogP contribution < -0.4 is 10.6 Å². The maximum Gasteiger partial charge on any atom is 0.317 e. The number of pyridine rings is 1. The van der Waals surface area contributed by atoms with E-state index < -0.39 is 11.6 Å². The van der Waals surface area contributed by atoms with Crippen molar-refractivity contribution in [2.75, 3.05) is 12.4 Å². The highest BCUT2D eigenvalue weighted by Crippen LogP contribution is 2.23. The van der Waals surface area contributed by atoms with Crippen LogP contribution in [0.15, 0.2) is 54.7 Å². The van der Waals surface area contributed by atoms with Crippen LogP contribution in [-0.2, 0) is 11.3 Å². The second-order valence-corrected chi connectivity index (χ2v) is 10.6. The third-order valence-corrected chi connectivity index (χ3v) is 6.20. The average molecular weight is 527 g/mol. The van der Waals surface area contributed by atoms with Crippen LogP contribution in [-0.4, -0.2) is 34.9 Å². The van der Waals surface area contributed by atoms with Gasteiger partial charge in [-0.2, -0.15) is 0 Å². The molecule has 0 bridgehead atoms.